The van der Waals surface area contributed by atoms with Crippen LogP contribution in [-0.2, 0) is 9.53 Å². The summed E-state index contributed by atoms with van der Waals surface area (Å²) in [6.45, 7) is 6.91. The van der Waals surface area contributed by atoms with Crippen molar-refractivity contribution in [3.63, 3.8) is 0 Å². The Bertz CT molecular complexity index is 395. The second kappa shape index (κ2) is 5.26. The van der Waals surface area contributed by atoms with E-state index in [4.69, 9.17) is 4.74 Å². The molecular weight excluding hydrogens is 258 g/mol. The van der Waals surface area contributed by atoms with E-state index >= 15 is 0 Å². The number of ether oxygens (including phenoxy) is 1. The van der Waals surface area contributed by atoms with E-state index in [0.29, 0.717) is 19.5 Å². The van der Waals surface area contributed by atoms with Crippen molar-refractivity contribution in [1.82, 2.24) is 4.90 Å². The van der Waals surface area contributed by atoms with Crippen LogP contribution in [0.5, 0.6) is 0 Å². The van der Waals surface area contributed by atoms with E-state index in [9.17, 15) is 14.7 Å². The molecule has 1 saturated carbocycles. The smallest absolute Gasteiger partial charge is 0.410 e. The first-order chi connectivity index (χ1) is 9.22. The maximum Gasteiger partial charge on any atom is 0.410 e. The molecule has 0 spiro atoms. The van der Waals surface area contributed by atoms with E-state index in [2.05, 4.69) is 0 Å². The first-order valence-electron chi connectivity index (χ1n) is 7.43. The average molecular weight is 283 g/mol. The predicted molar refractivity (Wildman–Crippen MR) is 74.5 cm³/mol. The second-order valence-corrected chi connectivity index (χ2v) is 7.22. The van der Waals surface area contributed by atoms with E-state index in [-0.39, 0.29) is 12.0 Å². The van der Waals surface area contributed by atoms with Crippen LogP contribution in [0.1, 0.15) is 52.9 Å². The van der Waals surface area contributed by atoms with Crippen molar-refractivity contribution in [3.05, 3.63) is 0 Å². The van der Waals surface area contributed by atoms with Crippen LogP contribution >= 0.6 is 0 Å². The molecule has 2 fully saturated rings. The van der Waals surface area contributed by atoms with Gasteiger partial charge in [-0.15, -0.1) is 0 Å². The third-order valence-electron chi connectivity index (χ3n) is 4.16. The molecule has 20 heavy (non-hydrogen) atoms. The SMILES string of the molecule is CC(C)(C)OC(=O)N1CCCC(CC2(C(=O)O)CC2)C1. The number of aliphatic carboxylic acids is 1. The quantitative estimate of drug-likeness (QED) is 0.864. The summed E-state index contributed by atoms with van der Waals surface area (Å²) < 4.78 is 5.39. The lowest BCUT2D eigenvalue weighted by Gasteiger charge is -2.35. The highest BCUT2D eigenvalue weighted by Gasteiger charge is 2.51. The molecule has 0 aromatic rings. The van der Waals surface area contributed by atoms with E-state index in [1.54, 1.807) is 4.90 Å². The number of rotatable bonds is 3. The van der Waals surface area contributed by atoms with E-state index in [1.807, 2.05) is 20.8 Å². The summed E-state index contributed by atoms with van der Waals surface area (Å²) in [6.07, 6.45) is 3.92. The number of piperidine rings is 1. The summed E-state index contributed by atoms with van der Waals surface area (Å²) in [7, 11) is 0. The maximum absolute atomic E-state index is 12.1. The monoisotopic (exact) mass is 283 g/mol. The number of likely N-dealkylation sites (tertiary alicyclic amines) is 1. The topological polar surface area (TPSA) is 66.8 Å². The Balaban J connectivity index is 1.89. The molecule has 0 aromatic carbocycles. The van der Waals surface area contributed by atoms with Crippen LogP contribution < -0.4 is 0 Å². The Morgan fingerprint density at radius 1 is 1.35 bits per heavy atom. The van der Waals surface area contributed by atoms with Crippen molar-refractivity contribution < 1.29 is 19.4 Å². The zero-order valence-electron chi connectivity index (χ0n) is 12.6. The van der Waals surface area contributed by atoms with Crippen LogP contribution in [-0.4, -0.2) is 40.8 Å². The van der Waals surface area contributed by atoms with Gasteiger partial charge in [-0.1, -0.05) is 0 Å². The van der Waals surface area contributed by atoms with Gasteiger partial charge in [0.15, 0.2) is 0 Å². The summed E-state index contributed by atoms with van der Waals surface area (Å²) in [4.78, 5) is 25.1. The molecule has 0 radical (unpaired) electrons. The molecule has 1 aliphatic carbocycles. The Morgan fingerprint density at radius 3 is 2.50 bits per heavy atom. The Labute approximate surface area is 120 Å². The van der Waals surface area contributed by atoms with Crippen molar-refractivity contribution in [2.75, 3.05) is 13.1 Å². The molecule has 114 valence electrons. The zero-order chi connectivity index (χ0) is 15.0. The Morgan fingerprint density at radius 2 is 2.00 bits per heavy atom. The van der Waals surface area contributed by atoms with Crippen molar-refractivity contribution in [3.8, 4) is 0 Å². The number of hydrogen-bond acceptors (Lipinski definition) is 3. The summed E-state index contributed by atoms with van der Waals surface area (Å²) in [5.74, 6) is -0.387. The van der Waals surface area contributed by atoms with Gasteiger partial charge in [-0.2, -0.15) is 0 Å². The van der Waals surface area contributed by atoms with Crippen LogP contribution in [0.2, 0.25) is 0 Å². The largest absolute Gasteiger partial charge is 0.481 e. The third-order valence-corrected chi connectivity index (χ3v) is 4.16. The van der Waals surface area contributed by atoms with Crippen molar-refractivity contribution >= 4 is 12.1 Å². The predicted octanol–water partition coefficient (Wildman–Crippen LogP) is 2.89. The fourth-order valence-corrected chi connectivity index (χ4v) is 2.93. The fourth-order valence-electron chi connectivity index (χ4n) is 2.93. The number of hydrogen-bond donors (Lipinski definition) is 1. The minimum atomic E-state index is -0.674. The van der Waals surface area contributed by atoms with Gasteiger partial charge in [-0.3, -0.25) is 4.79 Å². The minimum Gasteiger partial charge on any atom is -0.481 e. The molecule has 1 atom stereocenters. The standard InChI is InChI=1S/C15H25NO4/c1-14(2,3)20-13(19)16-8-4-5-11(10-16)9-15(6-7-15)12(17)18/h11H,4-10H2,1-3H3,(H,17,18). The average Bonchev–Trinajstić information content (AvgIpc) is 3.08. The van der Waals surface area contributed by atoms with Crippen LogP contribution in [0.4, 0.5) is 4.79 Å². The van der Waals surface area contributed by atoms with Crippen molar-refractivity contribution in [2.24, 2.45) is 11.3 Å². The Kier molecular flexibility index (Phi) is 3.98. The fraction of sp³-hybridized carbons (Fsp3) is 0.867. The summed E-state index contributed by atoms with van der Waals surface area (Å²) in [6, 6.07) is 0. The highest BCUT2D eigenvalue weighted by Crippen LogP contribution is 2.51. The lowest BCUT2D eigenvalue weighted by Crippen LogP contribution is -2.43. The third kappa shape index (κ3) is 3.64. The zero-order valence-corrected chi connectivity index (χ0v) is 12.6. The molecule has 1 amide bonds. The van der Waals surface area contributed by atoms with Gasteiger partial charge < -0.3 is 14.7 Å². The van der Waals surface area contributed by atoms with Gasteiger partial charge in [-0.25, -0.2) is 4.79 Å². The van der Waals surface area contributed by atoms with Gasteiger partial charge in [0.1, 0.15) is 5.60 Å². The van der Waals surface area contributed by atoms with Gasteiger partial charge in [0.25, 0.3) is 0 Å². The molecule has 2 rings (SSSR count). The van der Waals surface area contributed by atoms with Crippen LogP contribution in [0.3, 0.4) is 0 Å². The van der Waals surface area contributed by atoms with Crippen molar-refractivity contribution in [1.29, 1.82) is 0 Å². The number of nitrogens with zero attached hydrogens (tertiary/aromatic N) is 1. The molecule has 0 bridgehead atoms. The Hall–Kier alpha value is -1.26. The highest BCUT2D eigenvalue weighted by atomic mass is 16.6. The summed E-state index contributed by atoms with van der Waals surface area (Å²) in [5, 5.41) is 9.26. The molecule has 1 unspecified atom stereocenters. The minimum absolute atomic E-state index is 0.276. The molecule has 1 saturated heterocycles. The van der Waals surface area contributed by atoms with Gasteiger partial charge in [0, 0.05) is 13.1 Å². The molecule has 1 aliphatic heterocycles. The summed E-state index contributed by atoms with van der Waals surface area (Å²) >= 11 is 0. The first kappa shape index (κ1) is 15.1. The molecule has 2 aliphatic rings. The van der Waals surface area contributed by atoms with E-state index in [0.717, 1.165) is 25.7 Å². The number of carbonyl (C=O) groups is 2. The van der Waals surface area contributed by atoms with E-state index in [1.165, 1.54) is 0 Å². The lowest BCUT2D eigenvalue weighted by atomic mass is 9.86. The van der Waals surface area contributed by atoms with Gasteiger partial charge >= 0.3 is 12.1 Å². The number of carboxylic acid groups (broad SMARTS) is 1. The second-order valence-electron chi connectivity index (χ2n) is 7.22. The molecular formula is C15H25NO4. The summed E-state index contributed by atoms with van der Waals surface area (Å²) in [5.41, 5.74) is -0.982. The van der Waals surface area contributed by atoms with Crippen LogP contribution in [0.15, 0.2) is 0 Å². The normalized spacial score (nSPS) is 25.1. The maximum atomic E-state index is 12.1. The lowest BCUT2D eigenvalue weighted by molar-refractivity contribution is -0.144. The van der Waals surface area contributed by atoms with E-state index < -0.39 is 17.0 Å². The van der Waals surface area contributed by atoms with Crippen LogP contribution in [0, 0.1) is 11.3 Å². The highest BCUT2D eigenvalue weighted by molar-refractivity contribution is 5.77. The number of carbonyl (C=O) groups excluding carboxylic acids is 1. The molecule has 5 nitrogen and oxygen atoms in total. The number of amides is 1. The van der Waals surface area contributed by atoms with Crippen LogP contribution in [0.25, 0.3) is 0 Å². The van der Waals surface area contributed by atoms with Gasteiger partial charge in [0.05, 0.1) is 5.41 Å². The molecule has 5 heteroatoms. The van der Waals surface area contributed by atoms with Gasteiger partial charge in [-0.05, 0) is 58.8 Å². The van der Waals surface area contributed by atoms with Crippen molar-refractivity contribution in [2.45, 2.75) is 58.5 Å². The van der Waals surface area contributed by atoms with Gasteiger partial charge in [0.2, 0.25) is 0 Å². The molecule has 1 N–H and O–H groups in total. The molecule has 1 heterocycles. The molecule has 0 aromatic heterocycles. The first-order valence-corrected chi connectivity index (χ1v) is 7.43. The number of carboxylic acids is 1.